The summed E-state index contributed by atoms with van der Waals surface area (Å²) >= 11 is 3.02. The van der Waals surface area contributed by atoms with Gasteiger partial charge in [0.15, 0.2) is 0 Å². The van der Waals surface area contributed by atoms with Crippen molar-refractivity contribution in [1.29, 1.82) is 0 Å². The number of aryl methyl sites for hydroxylation is 2. The molecule has 1 aromatic carbocycles. The highest BCUT2D eigenvalue weighted by atomic mass is 32.2. The summed E-state index contributed by atoms with van der Waals surface area (Å²) in [5.41, 5.74) is 2.93. The van der Waals surface area contributed by atoms with Gasteiger partial charge in [-0.3, -0.25) is 9.59 Å². The second-order valence-electron chi connectivity index (χ2n) is 5.58. The zero-order valence-electron chi connectivity index (χ0n) is 13.0. The molecule has 6 heteroatoms. The SMILES string of the molecule is Cc1ccc(C)c(NC(=O)C2CSCN2C(=O)c2cccs2)c1. The van der Waals surface area contributed by atoms with Gasteiger partial charge < -0.3 is 10.2 Å². The van der Waals surface area contributed by atoms with Gasteiger partial charge in [-0.1, -0.05) is 18.2 Å². The lowest BCUT2D eigenvalue weighted by atomic mass is 10.1. The van der Waals surface area contributed by atoms with E-state index in [1.165, 1.54) is 11.3 Å². The number of nitrogens with zero attached hydrogens (tertiary/aromatic N) is 1. The van der Waals surface area contributed by atoms with Crippen LogP contribution in [-0.4, -0.2) is 34.4 Å². The van der Waals surface area contributed by atoms with E-state index in [4.69, 9.17) is 0 Å². The third-order valence-electron chi connectivity index (χ3n) is 3.83. The molecular formula is C17H18N2O2S2. The van der Waals surface area contributed by atoms with Gasteiger partial charge in [0.25, 0.3) is 5.91 Å². The lowest BCUT2D eigenvalue weighted by molar-refractivity contribution is -0.119. The molecule has 2 aromatic rings. The number of amides is 2. The molecule has 0 saturated carbocycles. The second kappa shape index (κ2) is 6.76. The van der Waals surface area contributed by atoms with Crippen LogP contribution in [-0.2, 0) is 4.79 Å². The summed E-state index contributed by atoms with van der Waals surface area (Å²) in [7, 11) is 0. The maximum atomic E-state index is 12.6. The van der Waals surface area contributed by atoms with Crippen LogP contribution in [0.1, 0.15) is 20.8 Å². The zero-order chi connectivity index (χ0) is 16.4. The third-order valence-corrected chi connectivity index (χ3v) is 5.70. The molecule has 1 fully saturated rings. The van der Waals surface area contributed by atoms with Gasteiger partial charge in [-0.05, 0) is 42.5 Å². The van der Waals surface area contributed by atoms with Crippen molar-refractivity contribution in [1.82, 2.24) is 4.90 Å². The molecule has 1 aliphatic rings. The Bertz CT molecular complexity index is 728. The van der Waals surface area contributed by atoms with Crippen LogP contribution >= 0.6 is 23.1 Å². The van der Waals surface area contributed by atoms with E-state index in [1.54, 1.807) is 22.7 Å². The largest absolute Gasteiger partial charge is 0.324 e. The van der Waals surface area contributed by atoms with Crippen LogP contribution in [0.15, 0.2) is 35.7 Å². The van der Waals surface area contributed by atoms with Crippen LogP contribution in [0, 0.1) is 13.8 Å². The van der Waals surface area contributed by atoms with E-state index in [9.17, 15) is 9.59 Å². The molecule has 120 valence electrons. The molecule has 1 N–H and O–H groups in total. The molecule has 2 heterocycles. The topological polar surface area (TPSA) is 49.4 Å². The van der Waals surface area contributed by atoms with Crippen LogP contribution in [0.2, 0.25) is 0 Å². The first kappa shape index (κ1) is 16.1. The third kappa shape index (κ3) is 3.43. The quantitative estimate of drug-likeness (QED) is 0.925. The number of benzene rings is 1. The molecule has 1 aromatic heterocycles. The predicted molar refractivity (Wildman–Crippen MR) is 96.1 cm³/mol. The highest BCUT2D eigenvalue weighted by molar-refractivity contribution is 7.99. The van der Waals surface area contributed by atoms with Gasteiger partial charge >= 0.3 is 0 Å². The number of thioether (sulfide) groups is 1. The number of anilines is 1. The predicted octanol–water partition coefficient (Wildman–Crippen LogP) is 3.52. The Balaban J connectivity index is 1.76. The Kier molecular flexibility index (Phi) is 4.73. The average molecular weight is 346 g/mol. The lowest BCUT2D eigenvalue weighted by Crippen LogP contribution is -2.44. The number of nitrogens with one attached hydrogen (secondary N) is 1. The number of rotatable bonds is 3. The van der Waals surface area contributed by atoms with E-state index in [2.05, 4.69) is 5.32 Å². The van der Waals surface area contributed by atoms with Crippen LogP contribution in [0.3, 0.4) is 0 Å². The zero-order valence-corrected chi connectivity index (χ0v) is 14.7. The van der Waals surface area contributed by atoms with Crippen molar-refractivity contribution in [2.45, 2.75) is 19.9 Å². The molecule has 1 unspecified atom stereocenters. The molecule has 1 aliphatic heterocycles. The standard InChI is InChI=1S/C17H18N2O2S2/c1-11-5-6-12(2)13(8-11)18-16(20)14-9-22-10-19(14)17(21)15-4-3-7-23-15/h3-8,14H,9-10H2,1-2H3,(H,18,20). The van der Waals surface area contributed by atoms with E-state index in [-0.39, 0.29) is 11.8 Å². The fraction of sp³-hybridized carbons (Fsp3) is 0.294. The van der Waals surface area contributed by atoms with Crippen molar-refractivity contribution < 1.29 is 9.59 Å². The van der Waals surface area contributed by atoms with Crippen molar-refractivity contribution in [2.75, 3.05) is 16.9 Å². The van der Waals surface area contributed by atoms with Crippen LogP contribution in [0.25, 0.3) is 0 Å². The van der Waals surface area contributed by atoms with Gasteiger partial charge in [-0.15, -0.1) is 23.1 Å². The first-order valence-corrected chi connectivity index (χ1v) is 9.40. The van der Waals surface area contributed by atoms with Crippen LogP contribution < -0.4 is 5.32 Å². The Hall–Kier alpha value is -1.79. The summed E-state index contributed by atoms with van der Waals surface area (Å²) in [6.45, 7) is 3.96. The first-order chi connectivity index (χ1) is 11.1. The molecule has 0 bridgehead atoms. The van der Waals surface area contributed by atoms with E-state index in [0.29, 0.717) is 16.5 Å². The highest BCUT2D eigenvalue weighted by Crippen LogP contribution is 2.26. The van der Waals surface area contributed by atoms with Gasteiger partial charge in [0.1, 0.15) is 6.04 Å². The molecule has 4 nitrogen and oxygen atoms in total. The number of hydrogen-bond acceptors (Lipinski definition) is 4. The average Bonchev–Trinajstić information content (AvgIpc) is 3.20. The molecule has 1 atom stereocenters. The summed E-state index contributed by atoms with van der Waals surface area (Å²) < 4.78 is 0. The first-order valence-electron chi connectivity index (χ1n) is 7.36. The summed E-state index contributed by atoms with van der Waals surface area (Å²) in [6, 6.07) is 9.20. The van der Waals surface area contributed by atoms with Crippen LogP contribution in [0.5, 0.6) is 0 Å². The summed E-state index contributed by atoms with van der Waals surface area (Å²) in [5, 5.41) is 4.86. The minimum Gasteiger partial charge on any atom is -0.324 e. The lowest BCUT2D eigenvalue weighted by Gasteiger charge is -2.23. The molecule has 0 spiro atoms. The van der Waals surface area contributed by atoms with Crippen LogP contribution in [0.4, 0.5) is 5.69 Å². The molecule has 0 radical (unpaired) electrons. The molecule has 3 rings (SSSR count). The highest BCUT2D eigenvalue weighted by Gasteiger charge is 2.35. The molecule has 0 aliphatic carbocycles. The fourth-order valence-electron chi connectivity index (χ4n) is 2.49. The number of thiophene rings is 1. The van der Waals surface area contributed by atoms with Crippen molar-refractivity contribution in [3.63, 3.8) is 0 Å². The molecule has 1 saturated heterocycles. The van der Waals surface area contributed by atoms with Gasteiger partial charge in [0, 0.05) is 11.4 Å². The summed E-state index contributed by atoms with van der Waals surface area (Å²) in [5.74, 6) is 1.01. The van der Waals surface area contributed by atoms with Crippen molar-refractivity contribution in [3.05, 3.63) is 51.7 Å². The van der Waals surface area contributed by atoms with Gasteiger partial charge in [0.2, 0.25) is 5.91 Å². The molecular weight excluding hydrogens is 328 g/mol. The Morgan fingerprint density at radius 3 is 2.83 bits per heavy atom. The maximum Gasteiger partial charge on any atom is 0.265 e. The van der Waals surface area contributed by atoms with E-state index >= 15 is 0 Å². The minimum atomic E-state index is -0.422. The van der Waals surface area contributed by atoms with Gasteiger partial charge in [-0.25, -0.2) is 0 Å². The Morgan fingerprint density at radius 1 is 1.26 bits per heavy atom. The fourth-order valence-corrected chi connectivity index (χ4v) is 4.32. The smallest absolute Gasteiger partial charge is 0.265 e. The summed E-state index contributed by atoms with van der Waals surface area (Å²) in [4.78, 5) is 27.5. The van der Waals surface area contributed by atoms with E-state index in [1.807, 2.05) is 43.5 Å². The van der Waals surface area contributed by atoms with E-state index < -0.39 is 6.04 Å². The maximum absolute atomic E-state index is 12.6. The van der Waals surface area contributed by atoms with Gasteiger partial charge in [-0.2, -0.15) is 0 Å². The van der Waals surface area contributed by atoms with Crippen molar-refractivity contribution in [3.8, 4) is 0 Å². The molecule has 2 amide bonds. The number of carbonyl (C=O) groups excluding carboxylic acids is 2. The van der Waals surface area contributed by atoms with Crippen molar-refractivity contribution in [2.24, 2.45) is 0 Å². The normalized spacial score (nSPS) is 17.3. The number of hydrogen-bond donors (Lipinski definition) is 1. The summed E-state index contributed by atoms with van der Waals surface area (Å²) in [6.07, 6.45) is 0. The van der Waals surface area contributed by atoms with Gasteiger partial charge in [0.05, 0.1) is 10.8 Å². The van der Waals surface area contributed by atoms with Crippen molar-refractivity contribution >= 4 is 40.6 Å². The molecule has 23 heavy (non-hydrogen) atoms. The number of carbonyl (C=O) groups is 2. The van der Waals surface area contributed by atoms with E-state index in [0.717, 1.165) is 16.8 Å². The Labute approximate surface area is 143 Å². The minimum absolute atomic E-state index is 0.0638. The second-order valence-corrected chi connectivity index (χ2v) is 7.52. The Morgan fingerprint density at radius 2 is 2.09 bits per heavy atom. The monoisotopic (exact) mass is 346 g/mol.